The molecular weight excluding hydrogens is 215 g/mol. The average Bonchev–Trinajstić information content (AvgIpc) is 2.71. The van der Waals surface area contributed by atoms with Crippen LogP contribution in [0.15, 0.2) is 54.9 Å². The number of halogens is 1. The molecule has 2 nitrogen and oxygen atoms in total. The quantitative estimate of drug-likeness (QED) is 0.656. The second-order valence-electron chi connectivity index (χ2n) is 4.01. The molecule has 2 aromatic heterocycles. The molecule has 1 aromatic carbocycles. The van der Waals surface area contributed by atoms with Crippen LogP contribution in [0.2, 0.25) is 0 Å². The maximum absolute atomic E-state index is 13.0. The minimum Gasteiger partial charge on any atom is -0.304 e. The van der Waals surface area contributed by atoms with Crippen molar-refractivity contribution < 1.29 is 4.39 Å². The first-order valence-corrected chi connectivity index (χ1v) is 5.48. The topological polar surface area (TPSA) is 17.3 Å². The lowest BCUT2D eigenvalue weighted by atomic mass is 10.1. The Hall–Kier alpha value is -2.16. The van der Waals surface area contributed by atoms with Crippen LogP contribution in [-0.4, -0.2) is 9.38 Å². The minimum atomic E-state index is -0.249. The maximum atomic E-state index is 13.0. The highest BCUT2D eigenvalue weighted by Gasteiger charge is 2.03. The van der Waals surface area contributed by atoms with Crippen molar-refractivity contribution in [3.63, 3.8) is 0 Å². The lowest BCUT2D eigenvalue weighted by Gasteiger charge is -1.95. The third kappa shape index (κ3) is 2.04. The highest BCUT2D eigenvalue weighted by Crippen LogP contribution is 2.11. The minimum absolute atomic E-state index is 0.249. The molecule has 0 spiro atoms. The zero-order chi connectivity index (χ0) is 11.7. The lowest BCUT2D eigenvalue weighted by Crippen LogP contribution is -1.86. The van der Waals surface area contributed by atoms with Crippen molar-refractivity contribution in [2.75, 3.05) is 0 Å². The van der Waals surface area contributed by atoms with Crippen LogP contribution in [0, 0.1) is 5.82 Å². The Labute approximate surface area is 98.4 Å². The van der Waals surface area contributed by atoms with Crippen molar-refractivity contribution in [1.82, 2.24) is 9.38 Å². The van der Waals surface area contributed by atoms with Crippen LogP contribution in [0.5, 0.6) is 0 Å². The third-order valence-electron chi connectivity index (χ3n) is 2.69. The van der Waals surface area contributed by atoms with Gasteiger partial charge in [0.1, 0.15) is 11.5 Å². The number of rotatable bonds is 2. The third-order valence-corrected chi connectivity index (χ3v) is 2.69. The first-order chi connectivity index (χ1) is 8.31. The summed E-state index contributed by atoms with van der Waals surface area (Å²) in [6, 6.07) is 13.2. The predicted octanol–water partition coefficient (Wildman–Crippen LogP) is 3.06. The van der Waals surface area contributed by atoms with Gasteiger partial charge in [-0.3, -0.25) is 0 Å². The molecule has 0 aliphatic heterocycles. The van der Waals surface area contributed by atoms with Gasteiger partial charge in [-0.2, -0.15) is 0 Å². The Bertz CT molecular complexity index is 644. The van der Waals surface area contributed by atoms with Gasteiger partial charge in [0.25, 0.3) is 0 Å². The summed E-state index contributed by atoms with van der Waals surface area (Å²) in [6.45, 7) is 0. The Balaban J connectivity index is 1.96. The summed E-state index contributed by atoms with van der Waals surface area (Å²) in [4.78, 5) is 4.45. The predicted molar refractivity (Wildman–Crippen MR) is 64.4 cm³/mol. The van der Waals surface area contributed by atoms with Crippen LogP contribution >= 0.6 is 0 Å². The van der Waals surface area contributed by atoms with E-state index in [9.17, 15) is 4.39 Å². The second-order valence-corrected chi connectivity index (χ2v) is 4.01. The largest absolute Gasteiger partial charge is 0.304 e. The van der Waals surface area contributed by atoms with Gasteiger partial charge in [-0.05, 0) is 17.7 Å². The van der Waals surface area contributed by atoms with Crippen molar-refractivity contribution in [1.29, 1.82) is 0 Å². The first kappa shape index (κ1) is 10.0. The van der Waals surface area contributed by atoms with Crippen molar-refractivity contribution in [3.8, 4) is 0 Å². The van der Waals surface area contributed by atoms with Crippen LogP contribution in [0.1, 0.15) is 11.3 Å². The van der Waals surface area contributed by atoms with E-state index in [4.69, 9.17) is 0 Å². The molecule has 0 aliphatic carbocycles. The summed E-state index contributed by atoms with van der Waals surface area (Å²) in [5, 5.41) is 0. The van der Waals surface area contributed by atoms with Gasteiger partial charge in [-0.15, -0.1) is 0 Å². The van der Waals surface area contributed by atoms with E-state index in [-0.39, 0.29) is 5.82 Å². The zero-order valence-electron chi connectivity index (χ0n) is 9.18. The van der Waals surface area contributed by atoms with Gasteiger partial charge in [-0.1, -0.05) is 30.3 Å². The number of hydrogen-bond acceptors (Lipinski definition) is 1. The van der Waals surface area contributed by atoms with Gasteiger partial charge < -0.3 is 4.40 Å². The van der Waals surface area contributed by atoms with E-state index >= 15 is 0 Å². The van der Waals surface area contributed by atoms with Gasteiger partial charge in [0.05, 0.1) is 5.69 Å². The summed E-state index contributed by atoms with van der Waals surface area (Å²) < 4.78 is 14.7. The monoisotopic (exact) mass is 226 g/mol. The number of nitrogens with zero attached hydrogens (tertiary/aromatic N) is 2. The van der Waals surface area contributed by atoms with E-state index in [0.717, 1.165) is 17.8 Å². The Morgan fingerprint density at radius 3 is 2.65 bits per heavy atom. The SMILES string of the molecule is Fc1ccc2nc(Cc3ccccc3)cn2c1. The van der Waals surface area contributed by atoms with Crippen LogP contribution in [0.4, 0.5) is 4.39 Å². The van der Waals surface area contributed by atoms with Crippen LogP contribution in [0.25, 0.3) is 5.65 Å². The molecule has 84 valence electrons. The fraction of sp³-hybridized carbons (Fsp3) is 0.0714. The average molecular weight is 226 g/mol. The van der Waals surface area contributed by atoms with Crippen molar-refractivity contribution in [3.05, 3.63) is 71.9 Å². The number of benzene rings is 1. The second kappa shape index (κ2) is 4.01. The summed E-state index contributed by atoms with van der Waals surface area (Å²) in [7, 11) is 0. The molecule has 3 aromatic rings. The van der Waals surface area contributed by atoms with E-state index < -0.39 is 0 Å². The lowest BCUT2D eigenvalue weighted by molar-refractivity contribution is 0.619. The van der Waals surface area contributed by atoms with Crippen molar-refractivity contribution in [2.24, 2.45) is 0 Å². The summed E-state index contributed by atoms with van der Waals surface area (Å²) in [5.41, 5.74) is 2.93. The Kier molecular flexibility index (Phi) is 2.37. The number of fused-ring (bicyclic) bond motifs is 1. The molecule has 0 amide bonds. The number of aromatic nitrogens is 2. The number of pyridine rings is 1. The maximum Gasteiger partial charge on any atom is 0.139 e. The number of imidazole rings is 1. The van der Waals surface area contributed by atoms with Crippen LogP contribution < -0.4 is 0 Å². The molecule has 0 bridgehead atoms. The fourth-order valence-corrected chi connectivity index (χ4v) is 1.91. The standard InChI is InChI=1S/C14H11FN2/c15-12-6-7-14-16-13(10-17(14)9-12)8-11-4-2-1-3-5-11/h1-7,9-10H,8H2. The highest BCUT2D eigenvalue weighted by atomic mass is 19.1. The van der Waals surface area contributed by atoms with Crippen LogP contribution in [-0.2, 0) is 6.42 Å². The first-order valence-electron chi connectivity index (χ1n) is 5.48. The van der Waals surface area contributed by atoms with E-state index in [2.05, 4.69) is 17.1 Å². The summed E-state index contributed by atoms with van der Waals surface area (Å²) >= 11 is 0. The Morgan fingerprint density at radius 2 is 1.82 bits per heavy atom. The molecule has 0 saturated carbocycles. The van der Waals surface area contributed by atoms with Crippen molar-refractivity contribution >= 4 is 5.65 Å². The molecule has 0 aliphatic rings. The molecule has 0 saturated heterocycles. The molecule has 0 fully saturated rings. The van der Waals surface area contributed by atoms with E-state index in [1.807, 2.05) is 24.4 Å². The molecule has 0 atom stereocenters. The fourth-order valence-electron chi connectivity index (χ4n) is 1.91. The van der Waals surface area contributed by atoms with E-state index in [0.29, 0.717) is 0 Å². The van der Waals surface area contributed by atoms with Gasteiger partial charge in [-0.25, -0.2) is 9.37 Å². The Morgan fingerprint density at radius 1 is 1.00 bits per heavy atom. The smallest absolute Gasteiger partial charge is 0.139 e. The van der Waals surface area contributed by atoms with Crippen LogP contribution in [0.3, 0.4) is 0 Å². The highest BCUT2D eigenvalue weighted by molar-refractivity contribution is 5.40. The van der Waals surface area contributed by atoms with Crippen molar-refractivity contribution in [2.45, 2.75) is 6.42 Å². The molecule has 17 heavy (non-hydrogen) atoms. The summed E-state index contributed by atoms with van der Waals surface area (Å²) in [6.07, 6.45) is 4.08. The van der Waals surface area contributed by atoms with E-state index in [1.54, 1.807) is 10.5 Å². The normalized spacial score (nSPS) is 10.9. The van der Waals surface area contributed by atoms with Gasteiger partial charge in [0.2, 0.25) is 0 Å². The summed E-state index contributed by atoms with van der Waals surface area (Å²) in [5.74, 6) is -0.249. The van der Waals surface area contributed by atoms with Gasteiger partial charge in [0.15, 0.2) is 0 Å². The molecule has 0 unspecified atom stereocenters. The molecule has 0 radical (unpaired) electrons. The van der Waals surface area contributed by atoms with Gasteiger partial charge >= 0.3 is 0 Å². The molecule has 2 heterocycles. The molecule has 3 rings (SSSR count). The van der Waals surface area contributed by atoms with Gasteiger partial charge in [0, 0.05) is 18.8 Å². The van der Waals surface area contributed by atoms with E-state index in [1.165, 1.54) is 17.8 Å². The molecular formula is C14H11FN2. The molecule has 3 heteroatoms. The number of hydrogen-bond donors (Lipinski definition) is 0. The molecule has 0 N–H and O–H groups in total. The zero-order valence-corrected chi connectivity index (χ0v) is 9.18.